The molecule has 0 aromatic carbocycles. The topological polar surface area (TPSA) is 60.7 Å². The van der Waals surface area contributed by atoms with Gasteiger partial charge in [-0.15, -0.1) is 0 Å². The summed E-state index contributed by atoms with van der Waals surface area (Å²) in [6, 6.07) is 0. The molecule has 162 valence electrons. The van der Waals surface area contributed by atoms with Crippen molar-refractivity contribution in [2.45, 2.75) is 103 Å². The Kier molecular flexibility index (Phi) is 6.92. The van der Waals surface area contributed by atoms with Gasteiger partial charge in [-0.05, 0) is 94.1 Å². The average Bonchev–Trinajstić information content (AvgIpc) is 2.96. The summed E-state index contributed by atoms with van der Waals surface area (Å²) in [4.78, 5) is 0. The lowest BCUT2D eigenvalue weighted by Gasteiger charge is -2.39. The number of allylic oxidation sites excluding steroid dienone is 5. The molecule has 0 saturated heterocycles. The Balaban J connectivity index is 1.71. The lowest BCUT2D eigenvalue weighted by Crippen LogP contribution is -2.29. The van der Waals surface area contributed by atoms with Crippen LogP contribution in [-0.2, 0) is 0 Å². The fraction of sp³-hybridized carbons (Fsp3) is 0.692. The molecule has 0 heterocycles. The van der Waals surface area contributed by atoms with Crippen LogP contribution in [0.2, 0.25) is 0 Å². The van der Waals surface area contributed by atoms with Crippen molar-refractivity contribution in [2.75, 3.05) is 0 Å². The van der Waals surface area contributed by atoms with Gasteiger partial charge >= 0.3 is 0 Å². The van der Waals surface area contributed by atoms with Gasteiger partial charge in [0.1, 0.15) is 0 Å². The monoisotopic (exact) mass is 400 g/mol. The predicted molar refractivity (Wildman–Crippen MR) is 119 cm³/mol. The predicted octanol–water partition coefficient (Wildman–Crippen LogP) is 5.38. The first-order chi connectivity index (χ1) is 13.6. The summed E-state index contributed by atoms with van der Waals surface area (Å²) in [6.45, 7) is 10.3. The van der Waals surface area contributed by atoms with E-state index in [1.54, 1.807) is 5.57 Å². The molecule has 3 aliphatic carbocycles. The fourth-order valence-corrected chi connectivity index (χ4v) is 5.70. The van der Waals surface area contributed by atoms with E-state index in [0.29, 0.717) is 18.8 Å². The van der Waals surface area contributed by atoms with E-state index < -0.39 is 17.8 Å². The first-order valence-electron chi connectivity index (χ1n) is 11.5. The van der Waals surface area contributed by atoms with Gasteiger partial charge in [0.05, 0.1) is 17.8 Å². The number of aliphatic hydroxyl groups is 3. The summed E-state index contributed by atoms with van der Waals surface area (Å²) < 4.78 is 0. The highest BCUT2D eigenvalue weighted by molar-refractivity contribution is 5.39. The zero-order valence-electron chi connectivity index (χ0n) is 18.6. The molecular weight excluding hydrogens is 360 g/mol. The van der Waals surface area contributed by atoms with E-state index in [9.17, 15) is 15.3 Å². The fourth-order valence-electron chi connectivity index (χ4n) is 5.70. The molecule has 0 spiro atoms. The number of fused-ring (bicyclic) bond motifs is 1. The summed E-state index contributed by atoms with van der Waals surface area (Å²) in [6.07, 6.45) is 15.7. The lowest BCUT2D eigenvalue weighted by molar-refractivity contribution is 0.0691. The molecule has 3 heteroatoms. The Morgan fingerprint density at radius 1 is 1.21 bits per heavy atom. The number of rotatable bonds is 5. The zero-order valence-corrected chi connectivity index (χ0v) is 18.6. The van der Waals surface area contributed by atoms with E-state index in [1.807, 2.05) is 13.8 Å². The standard InChI is InChI=1S/C26H40O3/c1-18-20(16-22(27)17-24(18)28)11-10-19-8-7-15-26(4)21(12-13-23(19)26)9-5-6-14-25(2,3)29/h9-11,22-24,27-29H,1,5-8,12-17H2,2-4H3/b19-10+,20-11-,21-9+/t22-,23+,24+,26-/m1/s1. The summed E-state index contributed by atoms with van der Waals surface area (Å²) >= 11 is 0. The van der Waals surface area contributed by atoms with Gasteiger partial charge in [-0.25, -0.2) is 0 Å². The molecule has 4 atom stereocenters. The Morgan fingerprint density at radius 3 is 2.69 bits per heavy atom. The molecule has 3 saturated carbocycles. The van der Waals surface area contributed by atoms with Gasteiger partial charge in [-0.3, -0.25) is 0 Å². The van der Waals surface area contributed by atoms with Crippen molar-refractivity contribution in [1.29, 1.82) is 0 Å². The lowest BCUT2D eigenvalue weighted by atomic mass is 9.65. The number of aliphatic hydroxyl groups excluding tert-OH is 2. The Labute approximate surface area is 176 Å². The van der Waals surface area contributed by atoms with Crippen molar-refractivity contribution in [3.63, 3.8) is 0 Å². The van der Waals surface area contributed by atoms with Crippen molar-refractivity contribution < 1.29 is 15.3 Å². The first kappa shape index (κ1) is 22.5. The highest BCUT2D eigenvalue weighted by atomic mass is 16.3. The largest absolute Gasteiger partial charge is 0.393 e. The van der Waals surface area contributed by atoms with E-state index in [2.05, 4.69) is 31.7 Å². The van der Waals surface area contributed by atoms with Crippen LogP contribution in [0.15, 0.2) is 47.1 Å². The van der Waals surface area contributed by atoms with E-state index in [-0.39, 0.29) is 5.41 Å². The molecular formula is C26H40O3. The minimum Gasteiger partial charge on any atom is -0.393 e. The van der Waals surface area contributed by atoms with Crippen molar-refractivity contribution in [1.82, 2.24) is 0 Å². The van der Waals surface area contributed by atoms with E-state index in [0.717, 1.165) is 36.8 Å². The highest BCUT2D eigenvalue weighted by Crippen LogP contribution is 2.57. The van der Waals surface area contributed by atoms with Crippen LogP contribution in [0.5, 0.6) is 0 Å². The number of hydrogen-bond donors (Lipinski definition) is 3. The Bertz CT molecular complexity index is 706. The van der Waals surface area contributed by atoms with Crippen molar-refractivity contribution in [3.05, 3.63) is 47.1 Å². The van der Waals surface area contributed by atoms with E-state index in [4.69, 9.17) is 0 Å². The van der Waals surface area contributed by atoms with E-state index in [1.165, 1.54) is 31.3 Å². The van der Waals surface area contributed by atoms with Crippen LogP contribution in [0, 0.1) is 11.3 Å². The normalized spacial score (nSPS) is 37.5. The van der Waals surface area contributed by atoms with Crippen molar-refractivity contribution in [3.8, 4) is 0 Å². The van der Waals surface area contributed by atoms with Crippen LogP contribution in [-0.4, -0.2) is 33.1 Å². The van der Waals surface area contributed by atoms with Crippen molar-refractivity contribution in [2.24, 2.45) is 11.3 Å². The maximum absolute atomic E-state index is 10.1. The molecule has 0 amide bonds. The van der Waals surface area contributed by atoms with Crippen LogP contribution < -0.4 is 0 Å². The molecule has 0 aromatic heterocycles. The molecule has 3 N–H and O–H groups in total. The van der Waals surface area contributed by atoms with Gasteiger partial charge in [0.2, 0.25) is 0 Å². The maximum Gasteiger partial charge on any atom is 0.0811 e. The SMILES string of the molecule is C=C1/C(=C\C=C2/CCC[C@]3(C)/C(=C/CCCC(C)(C)O)CC[C@@H]23)C[C@@H](O)C[C@@H]1O. The van der Waals surface area contributed by atoms with Gasteiger partial charge in [0.15, 0.2) is 0 Å². The molecule has 0 radical (unpaired) electrons. The van der Waals surface area contributed by atoms with Crippen LogP contribution >= 0.6 is 0 Å². The zero-order chi connectivity index (χ0) is 21.2. The molecule has 29 heavy (non-hydrogen) atoms. The molecule has 3 fully saturated rings. The van der Waals surface area contributed by atoms with Gasteiger partial charge in [-0.2, -0.15) is 0 Å². The summed E-state index contributed by atoms with van der Waals surface area (Å²) in [5.74, 6) is 0.598. The van der Waals surface area contributed by atoms with Crippen LogP contribution in [0.1, 0.15) is 85.0 Å². The third-order valence-corrected chi connectivity index (χ3v) is 7.46. The highest BCUT2D eigenvalue weighted by Gasteiger charge is 2.45. The first-order valence-corrected chi connectivity index (χ1v) is 11.5. The Morgan fingerprint density at radius 2 is 1.97 bits per heavy atom. The Hall–Kier alpha value is -1.16. The quantitative estimate of drug-likeness (QED) is 0.429. The molecule has 0 aliphatic heterocycles. The number of hydrogen-bond acceptors (Lipinski definition) is 3. The molecule has 3 rings (SSSR count). The molecule has 3 aliphatic rings. The second kappa shape index (κ2) is 8.91. The second-order valence-corrected chi connectivity index (χ2v) is 10.4. The molecule has 0 unspecified atom stereocenters. The van der Waals surface area contributed by atoms with Gasteiger partial charge < -0.3 is 15.3 Å². The van der Waals surface area contributed by atoms with Crippen LogP contribution in [0.25, 0.3) is 0 Å². The minimum absolute atomic E-state index is 0.264. The molecule has 3 nitrogen and oxygen atoms in total. The van der Waals surface area contributed by atoms with Crippen LogP contribution in [0.3, 0.4) is 0 Å². The number of unbranched alkanes of at least 4 members (excludes halogenated alkanes) is 1. The van der Waals surface area contributed by atoms with Crippen LogP contribution in [0.4, 0.5) is 0 Å². The molecule has 0 aromatic rings. The second-order valence-electron chi connectivity index (χ2n) is 10.4. The summed E-state index contributed by atoms with van der Waals surface area (Å²) in [7, 11) is 0. The smallest absolute Gasteiger partial charge is 0.0811 e. The van der Waals surface area contributed by atoms with Gasteiger partial charge in [-0.1, -0.05) is 42.9 Å². The van der Waals surface area contributed by atoms with Crippen molar-refractivity contribution >= 4 is 0 Å². The third kappa shape index (κ3) is 5.31. The molecule has 0 bridgehead atoms. The maximum atomic E-state index is 10.1. The van der Waals surface area contributed by atoms with Gasteiger partial charge in [0.25, 0.3) is 0 Å². The summed E-state index contributed by atoms with van der Waals surface area (Å²) in [5, 5.41) is 30.0. The summed E-state index contributed by atoms with van der Waals surface area (Å²) in [5.41, 5.74) is 4.60. The average molecular weight is 401 g/mol. The third-order valence-electron chi connectivity index (χ3n) is 7.46. The minimum atomic E-state index is -0.620. The van der Waals surface area contributed by atoms with E-state index >= 15 is 0 Å². The van der Waals surface area contributed by atoms with Gasteiger partial charge in [0, 0.05) is 6.42 Å².